The third-order valence-corrected chi connectivity index (χ3v) is 2.74. The van der Waals surface area contributed by atoms with Gasteiger partial charge in [0.25, 0.3) is 0 Å². The molecule has 1 aromatic heterocycles. The molecule has 0 atom stereocenters. The molecule has 20 heavy (non-hydrogen) atoms. The van der Waals surface area contributed by atoms with E-state index in [0.717, 1.165) is 6.20 Å². The van der Waals surface area contributed by atoms with E-state index in [4.69, 9.17) is 15.2 Å². The van der Waals surface area contributed by atoms with Gasteiger partial charge in [0.15, 0.2) is 0 Å². The van der Waals surface area contributed by atoms with Crippen molar-refractivity contribution in [2.24, 2.45) is 0 Å². The van der Waals surface area contributed by atoms with Gasteiger partial charge in [0.05, 0.1) is 19.8 Å². The Labute approximate surface area is 114 Å². The average Bonchev–Trinajstić information content (AvgIpc) is 2.45. The first kappa shape index (κ1) is 13.6. The minimum absolute atomic E-state index is 0.0528. The van der Waals surface area contributed by atoms with Crippen molar-refractivity contribution < 1.29 is 14.3 Å². The van der Waals surface area contributed by atoms with Crippen molar-refractivity contribution in [2.45, 2.75) is 0 Å². The highest BCUT2D eigenvalue weighted by Crippen LogP contribution is 2.31. The Morgan fingerprint density at radius 3 is 2.35 bits per heavy atom. The largest absolute Gasteiger partial charge is 0.496 e. The maximum atomic E-state index is 12.5. The molecule has 2 rings (SSSR count). The summed E-state index contributed by atoms with van der Waals surface area (Å²) in [5.74, 6) is 0.198. The van der Waals surface area contributed by atoms with Crippen LogP contribution in [0.2, 0.25) is 0 Å². The number of nitrogen functional groups attached to an aromatic ring is 1. The second-order valence-corrected chi connectivity index (χ2v) is 3.88. The van der Waals surface area contributed by atoms with Crippen molar-refractivity contribution in [1.82, 2.24) is 9.97 Å². The molecule has 0 amide bonds. The summed E-state index contributed by atoms with van der Waals surface area (Å²) < 4.78 is 10.3. The molecule has 0 unspecified atom stereocenters. The Hall–Kier alpha value is -2.83. The fourth-order valence-electron chi connectivity index (χ4n) is 1.80. The fourth-order valence-corrected chi connectivity index (χ4v) is 1.80. The number of nitrogens with zero attached hydrogens (tertiary/aromatic N) is 1. The third-order valence-electron chi connectivity index (χ3n) is 2.74. The molecule has 0 radical (unpaired) electrons. The van der Waals surface area contributed by atoms with Crippen LogP contribution < -0.4 is 20.9 Å². The van der Waals surface area contributed by atoms with Crippen LogP contribution in [0, 0.1) is 0 Å². The van der Waals surface area contributed by atoms with Crippen molar-refractivity contribution in [3.63, 3.8) is 0 Å². The summed E-state index contributed by atoms with van der Waals surface area (Å²) in [7, 11) is 2.89. The number of ether oxygens (including phenoxy) is 2. The predicted octanol–water partition coefficient (Wildman–Crippen LogP) is 0.600. The van der Waals surface area contributed by atoms with E-state index in [1.54, 1.807) is 18.2 Å². The highest BCUT2D eigenvalue weighted by atomic mass is 16.5. The van der Waals surface area contributed by atoms with Gasteiger partial charge in [0.2, 0.25) is 5.78 Å². The number of hydrogen-bond acceptors (Lipinski definition) is 6. The first-order chi connectivity index (χ1) is 9.58. The number of aromatic amines is 1. The van der Waals surface area contributed by atoms with E-state index in [1.807, 2.05) is 0 Å². The molecule has 2 aromatic rings. The number of nitrogens with one attached hydrogen (secondary N) is 1. The molecule has 0 aliphatic rings. The van der Waals surface area contributed by atoms with Crippen molar-refractivity contribution in [3.8, 4) is 11.5 Å². The minimum atomic E-state index is -0.619. The smallest absolute Gasteiger partial charge is 0.346 e. The zero-order valence-electron chi connectivity index (χ0n) is 11.0. The number of rotatable bonds is 4. The standard InChI is InChI=1S/C13H13N3O4/c1-19-8-4-3-5-9(20-2)10(8)11(17)7-6-15-13(18)16-12(7)14/h3-6H,1-2H3,(H3,14,15,16,18). The van der Waals surface area contributed by atoms with Gasteiger partial charge in [-0.3, -0.25) is 9.78 Å². The van der Waals surface area contributed by atoms with Crippen LogP contribution in [0.4, 0.5) is 5.82 Å². The summed E-state index contributed by atoms with van der Waals surface area (Å²) in [6, 6.07) is 4.96. The lowest BCUT2D eigenvalue weighted by atomic mass is 10.0. The van der Waals surface area contributed by atoms with Crippen LogP contribution in [0.3, 0.4) is 0 Å². The first-order valence-corrected chi connectivity index (χ1v) is 5.69. The number of anilines is 1. The number of hydrogen-bond donors (Lipinski definition) is 2. The summed E-state index contributed by atoms with van der Waals surface area (Å²) in [5.41, 5.74) is 5.32. The summed E-state index contributed by atoms with van der Waals surface area (Å²) >= 11 is 0. The van der Waals surface area contributed by atoms with Crippen molar-refractivity contribution in [2.75, 3.05) is 20.0 Å². The predicted molar refractivity (Wildman–Crippen MR) is 72.2 cm³/mol. The summed E-state index contributed by atoms with van der Waals surface area (Å²) in [4.78, 5) is 29.4. The second-order valence-electron chi connectivity index (χ2n) is 3.88. The van der Waals surface area contributed by atoms with Crippen LogP contribution in [-0.4, -0.2) is 30.0 Å². The molecule has 0 saturated carbocycles. The molecule has 0 aliphatic carbocycles. The van der Waals surface area contributed by atoms with Crippen LogP contribution in [0.1, 0.15) is 15.9 Å². The molecule has 7 nitrogen and oxygen atoms in total. The third kappa shape index (κ3) is 2.33. The lowest BCUT2D eigenvalue weighted by molar-refractivity contribution is 0.103. The molecule has 0 saturated heterocycles. The highest BCUT2D eigenvalue weighted by Gasteiger charge is 2.22. The highest BCUT2D eigenvalue weighted by molar-refractivity contribution is 6.14. The zero-order chi connectivity index (χ0) is 14.7. The maximum absolute atomic E-state index is 12.5. The molecule has 0 spiro atoms. The lowest BCUT2D eigenvalue weighted by Gasteiger charge is -2.12. The van der Waals surface area contributed by atoms with Crippen LogP contribution in [0.25, 0.3) is 0 Å². The number of carbonyl (C=O) groups is 1. The van der Waals surface area contributed by atoms with Crippen molar-refractivity contribution in [3.05, 3.63) is 46.0 Å². The number of nitrogens with two attached hydrogens (primary N) is 1. The van der Waals surface area contributed by atoms with E-state index < -0.39 is 11.5 Å². The molecule has 7 heteroatoms. The van der Waals surface area contributed by atoms with Gasteiger partial charge < -0.3 is 15.2 Å². The Balaban J connectivity index is 2.61. The van der Waals surface area contributed by atoms with E-state index in [2.05, 4.69) is 9.97 Å². The first-order valence-electron chi connectivity index (χ1n) is 5.69. The summed E-state index contributed by atoms with van der Waals surface area (Å²) in [6.45, 7) is 0. The van der Waals surface area contributed by atoms with Gasteiger partial charge in [-0.15, -0.1) is 0 Å². The number of benzene rings is 1. The van der Waals surface area contributed by atoms with E-state index in [9.17, 15) is 9.59 Å². The Kier molecular flexibility index (Phi) is 3.69. The SMILES string of the molecule is COc1cccc(OC)c1C(=O)c1cnc(=O)[nH]c1N. The number of H-pyrrole nitrogens is 1. The van der Waals surface area contributed by atoms with Gasteiger partial charge in [-0.2, -0.15) is 0 Å². The van der Waals surface area contributed by atoms with Gasteiger partial charge in [0, 0.05) is 6.20 Å². The van der Waals surface area contributed by atoms with Crippen LogP contribution in [-0.2, 0) is 0 Å². The maximum Gasteiger partial charge on any atom is 0.346 e. The Bertz CT molecular complexity index is 687. The van der Waals surface area contributed by atoms with E-state index >= 15 is 0 Å². The van der Waals surface area contributed by atoms with Crippen molar-refractivity contribution in [1.29, 1.82) is 0 Å². The molecule has 1 heterocycles. The normalized spacial score (nSPS) is 10.1. The van der Waals surface area contributed by atoms with Gasteiger partial charge in [0.1, 0.15) is 22.9 Å². The molecular formula is C13H13N3O4. The quantitative estimate of drug-likeness (QED) is 0.791. The van der Waals surface area contributed by atoms with Crippen LogP contribution in [0.15, 0.2) is 29.2 Å². The molecule has 3 N–H and O–H groups in total. The van der Waals surface area contributed by atoms with Crippen LogP contribution in [0.5, 0.6) is 11.5 Å². The molecule has 0 aliphatic heterocycles. The van der Waals surface area contributed by atoms with Crippen molar-refractivity contribution >= 4 is 11.6 Å². The number of ketones is 1. The van der Waals surface area contributed by atoms with Gasteiger partial charge >= 0.3 is 5.69 Å². The van der Waals surface area contributed by atoms with Gasteiger partial charge in [-0.1, -0.05) is 6.07 Å². The average molecular weight is 275 g/mol. The van der Waals surface area contributed by atoms with E-state index in [0.29, 0.717) is 11.5 Å². The Morgan fingerprint density at radius 1 is 1.25 bits per heavy atom. The molecule has 1 aromatic carbocycles. The monoisotopic (exact) mass is 275 g/mol. The molecular weight excluding hydrogens is 262 g/mol. The van der Waals surface area contributed by atoms with Gasteiger partial charge in [-0.25, -0.2) is 9.78 Å². The van der Waals surface area contributed by atoms with Crippen LogP contribution >= 0.6 is 0 Å². The summed E-state index contributed by atoms with van der Waals surface area (Å²) in [5, 5.41) is 0. The zero-order valence-corrected chi connectivity index (χ0v) is 11.0. The Morgan fingerprint density at radius 2 is 1.85 bits per heavy atom. The summed E-state index contributed by atoms with van der Waals surface area (Å²) in [6.07, 6.45) is 1.13. The number of aromatic nitrogens is 2. The molecule has 0 bridgehead atoms. The minimum Gasteiger partial charge on any atom is -0.496 e. The van der Waals surface area contributed by atoms with Gasteiger partial charge in [-0.05, 0) is 12.1 Å². The molecule has 0 fully saturated rings. The lowest BCUT2D eigenvalue weighted by Crippen LogP contribution is -2.17. The van der Waals surface area contributed by atoms with E-state index in [-0.39, 0.29) is 16.9 Å². The topological polar surface area (TPSA) is 107 Å². The second kappa shape index (κ2) is 5.43. The number of carbonyl (C=O) groups excluding carboxylic acids is 1. The number of methoxy groups -OCH3 is 2. The van der Waals surface area contributed by atoms with E-state index in [1.165, 1.54) is 14.2 Å². The fraction of sp³-hybridized carbons (Fsp3) is 0.154. The molecule has 104 valence electrons.